The zero-order valence-corrected chi connectivity index (χ0v) is 14.1. The van der Waals surface area contributed by atoms with Crippen LogP contribution in [-0.2, 0) is 0 Å². The van der Waals surface area contributed by atoms with Gasteiger partial charge in [-0.1, -0.05) is 30.3 Å². The van der Waals surface area contributed by atoms with Crippen molar-refractivity contribution in [3.8, 4) is 11.5 Å². The molecule has 1 fully saturated rings. The first-order chi connectivity index (χ1) is 11.4. The van der Waals surface area contributed by atoms with Gasteiger partial charge in [0, 0.05) is 31.6 Å². The van der Waals surface area contributed by atoms with Gasteiger partial charge in [0.05, 0.1) is 17.4 Å². The van der Waals surface area contributed by atoms with Gasteiger partial charge in [-0.3, -0.25) is 4.98 Å². The van der Waals surface area contributed by atoms with Crippen molar-refractivity contribution in [3.05, 3.63) is 60.8 Å². The molecule has 0 bridgehead atoms. The molecule has 0 spiro atoms. The molecule has 1 aliphatic rings. The van der Waals surface area contributed by atoms with Gasteiger partial charge in [-0.25, -0.2) is 0 Å². The minimum absolute atomic E-state index is 0. The minimum Gasteiger partial charge on any atom is -0.456 e. The fourth-order valence-electron chi connectivity index (χ4n) is 2.97. The summed E-state index contributed by atoms with van der Waals surface area (Å²) in [5, 5.41) is 4.49. The Morgan fingerprint density at radius 1 is 0.917 bits per heavy atom. The van der Waals surface area contributed by atoms with Crippen LogP contribution < -0.4 is 15.0 Å². The third-order valence-corrected chi connectivity index (χ3v) is 4.10. The van der Waals surface area contributed by atoms with E-state index >= 15 is 0 Å². The number of pyridine rings is 1. The summed E-state index contributed by atoms with van der Waals surface area (Å²) in [4.78, 5) is 7.06. The number of anilines is 1. The number of piperazine rings is 1. The predicted molar refractivity (Wildman–Crippen MR) is 101 cm³/mol. The number of hydrogen-bond acceptors (Lipinski definition) is 4. The van der Waals surface area contributed by atoms with E-state index in [1.54, 1.807) is 6.20 Å². The summed E-state index contributed by atoms with van der Waals surface area (Å²) in [5.74, 6) is 1.59. The van der Waals surface area contributed by atoms with Gasteiger partial charge in [0.25, 0.3) is 0 Å². The van der Waals surface area contributed by atoms with Crippen LogP contribution in [0.5, 0.6) is 11.5 Å². The highest BCUT2D eigenvalue weighted by Gasteiger charge is 2.14. The van der Waals surface area contributed by atoms with E-state index in [-0.39, 0.29) is 12.4 Å². The third-order valence-electron chi connectivity index (χ3n) is 4.10. The van der Waals surface area contributed by atoms with Crippen molar-refractivity contribution in [1.82, 2.24) is 10.3 Å². The Morgan fingerprint density at radius 2 is 1.71 bits per heavy atom. The van der Waals surface area contributed by atoms with E-state index in [0.29, 0.717) is 0 Å². The Bertz CT molecular complexity index is 804. The number of nitrogens with one attached hydrogen (secondary N) is 1. The number of nitrogens with zero attached hydrogens (tertiary/aromatic N) is 2. The molecule has 0 aliphatic carbocycles. The normalized spacial score (nSPS) is 14.2. The van der Waals surface area contributed by atoms with Crippen molar-refractivity contribution >= 4 is 29.0 Å². The average molecular weight is 342 g/mol. The summed E-state index contributed by atoms with van der Waals surface area (Å²) in [6.45, 7) is 4.07. The highest BCUT2D eigenvalue weighted by molar-refractivity contribution is 5.91. The second-order valence-corrected chi connectivity index (χ2v) is 5.67. The molecule has 2 aromatic carbocycles. The van der Waals surface area contributed by atoms with E-state index in [4.69, 9.17) is 4.74 Å². The van der Waals surface area contributed by atoms with E-state index in [9.17, 15) is 0 Å². The summed E-state index contributed by atoms with van der Waals surface area (Å²) in [6, 6.07) is 18.2. The Kier molecular flexibility index (Phi) is 5.18. The smallest absolute Gasteiger partial charge is 0.146 e. The maximum Gasteiger partial charge on any atom is 0.146 e. The van der Waals surface area contributed by atoms with Crippen LogP contribution in [0.3, 0.4) is 0 Å². The molecule has 0 saturated carbocycles. The largest absolute Gasteiger partial charge is 0.456 e. The Balaban J connectivity index is 0.00000169. The molecule has 0 atom stereocenters. The molecule has 5 heteroatoms. The molecular weight excluding hydrogens is 322 g/mol. The lowest BCUT2D eigenvalue weighted by atomic mass is 10.1. The van der Waals surface area contributed by atoms with Crippen LogP contribution in [0.4, 0.5) is 5.69 Å². The van der Waals surface area contributed by atoms with E-state index in [0.717, 1.165) is 48.6 Å². The molecule has 1 aliphatic heterocycles. The maximum atomic E-state index is 5.89. The quantitative estimate of drug-likeness (QED) is 0.785. The van der Waals surface area contributed by atoms with Crippen LogP contribution in [-0.4, -0.2) is 31.2 Å². The van der Waals surface area contributed by atoms with Crippen LogP contribution in [0.2, 0.25) is 0 Å². The van der Waals surface area contributed by atoms with Gasteiger partial charge >= 0.3 is 0 Å². The second kappa shape index (κ2) is 7.51. The molecule has 1 aromatic heterocycles. The molecule has 1 N–H and O–H groups in total. The highest BCUT2D eigenvalue weighted by Crippen LogP contribution is 2.29. The fourth-order valence-corrected chi connectivity index (χ4v) is 2.97. The molecule has 3 aromatic rings. The van der Waals surface area contributed by atoms with Gasteiger partial charge < -0.3 is 15.0 Å². The molecule has 0 amide bonds. The summed E-state index contributed by atoms with van der Waals surface area (Å²) < 4.78 is 5.89. The summed E-state index contributed by atoms with van der Waals surface area (Å²) in [7, 11) is 0. The molecule has 124 valence electrons. The van der Waals surface area contributed by atoms with Crippen LogP contribution >= 0.6 is 12.4 Å². The lowest BCUT2D eigenvalue weighted by Crippen LogP contribution is -2.43. The number of fused-ring (bicyclic) bond motifs is 1. The van der Waals surface area contributed by atoms with Gasteiger partial charge in [0.1, 0.15) is 11.5 Å². The number of para-hydroxylation sites is 2. The number of ether oxygens (including phenoxy) is 1. The monoisotopic (exact) mass is 341 g/mol. The van der Waals surface area contributed by atoms with Crippen LogP contribution in [0.25, 0.3) is 10.9 Å². The first-order valence-electron chi connectivity index (χ1n) is 7.97. The molecule has 0 unspecified atom stereocenters. The first kappa shape index (κ1) is 16.6. The van der Waals surface area contributed by atoms with Gasteiger partial charge in [-0.05, 0) is 24.3 Å². The highest BCUT2D eigenvalue weighted by atomic mass is 35.5. The molecule has 4 rings (SSSR count). The zero-order valence-electron chi connectivity index (χ0n) is 13.3. The van der Waals surface area contributed by atoms with Gasteiger partial charge in [-0.15, -0.1) is 12.4 Å². The van der Waals surface area contributed by atoms with Gasteiger partial charge in [-0.2, -0.15) is 0 Å². The molecule has 4 nitrogen and oxygen atoms in total. The lowest BCUT2D eigenvalue weighted by Gasteiger charge is -2.30. The van der Waals surface area contributed by atoms with Crippen molar-refractivity contribution in [2.45, 2.75) is 0 Å². The predicted octanol–water partition coefficient (Wildman–Crippen LogP) is 3.86. The van der Waals surface area contributed by atoms with Crippen LogP contribution in [0.1, 0.15) is 0 Å². The van der Waals surface area contributed by atoms with E-state index < -0.39 is 0 Å². The number of aromatic nitrogens is 1. The second-order valence-electron chi connectivity index (χ2n) is 5.67. The Hall–Kier alpha value is -2.30. The minimum atomic E-state index is 0. The molecule has 1 saturated heterocycles. The van der Waals surface area contributed by atoms with Crippen molar-refractivity contribution < 1.29 is 4.74 Å². The van der Waals surface area contributed by atoms with E-state index in [1.165, 1.54) is 5.69 Å². The van der Waals surface area contributed by atoms with Crippen molar-refractivity contribution in [2.24, 2.45) is 0 Å². The standard InChI is InChI=1S/C19H19N3O.ClH/c1-2-6-16(7-3-1)23-17-13-15-5-4-8-18(19(15)21-14-17)22-11-9-20-10-12-22;/h1-8,13-14,20H,9-12H2;1H. The van der Waals surface area contributed by atoms with Crippen molar-refractivity contribution in [2.75, 3.05) is 31.1 Å². The van der Waals surface area contributed by atoms with E-state index in [1.807, 2.05) is 30.3 Å². The molecule has 24 heavy (non-hydrogen) atoms. The SMILES string of the molecule is Cl.c1ccc(Oc2cnc3c(N4CCNCC4)cccc3c2)cc1. The number of rotatable bonds is 3. The Labute approximate surface area is 147 Å². The Morgan fingerprint density at radius 3 is 2.50 bits per heavy atom. The molecule has 0 radical (unpaired) electrons. The van der Waals surface area contributed by atoms with E-state index in [2.05, 4.69) is 39.5 Å². The zero-order chi connectivity index (χ0) is 15.5. The molecule has 2 heterocycles. The van der Waals surface area contributed by atoms with Crippen LogP contribution in [0.15, 0.2) is 60.8 Å². The lowest BCUT2D eigenvalue weighted by molar-refractivity contribution is 0.481. The number of halogens is 1. The van der Waals surface area contributed by atoms with Crippen LogP contribution in [0, 0.1) is 0 Å². The number of hydrogen-bond donors (Lipinski definition) is 1. The number of benzene rings is 2. The molecular formula is C19H20ClN3O. The summed E-state index contributed by atoms with van der Waals surface area (Å²) in [5.41, 5.74) is 2.24. The van der Waals surface area contributed by atoms with Gasteiger partial charge in [0.2, 0.25) is 0 Å². The maximum absolute atomic E-state index is 5.89. The van der Waals surface area contributed by atoms with Crippen molar-refractivity contribution in [3.63, 3.8) is 0 Å². The van der Waals surface area contributed by atoms with Crippen molar-refractivity contribution in [1.29, 1.82) is 0 Å². The average Bonchev–Trinajstić information content (AvgIpc) is 2.63. The van der Waals surface area contributed by atoms with Gasteiger partial charge in [0.15, 0.2) is 0 Å². The topological polar surface area (TPSA) is 37.4 Å². The third kappa shape index (κ3) is 3.45. The fraction of sp³-hybridized carbons (Fsp3) is 0.211. The first-order valence-corrected chi connectivity index (χ1v) is 7.97. The summed E-state index contributed by atoms with van der Waals surface area (Å²) in [6.07, 6.45) is 1.81. The summed E-state index contributed by atoms with van der Waals surface area (Å²) >= 11 is 0.